The van der Waals surface area contributed by atoms with Crippen LogP contribution in [0.25, 0.3) is 22.4 Å². The summed E-state index contributed by atoms with van der Waals surface area (Å²) in [6, 6.07) is 7.95. The van der Waals surface area contributed by atoms with Crippen LogP contribution in [0.1, 0.15) is 75.5 Å². The monoisotopic (exact) mass is 1070 g/mol. The number of methoxy groups -OCH3 is 2. The molecule has 0 aliphatic carbocycles. The molecule has 0 radical (unpaired) electrons. The quantitative estimate of drug-likeness (QED) is 0.0952. The molecule has 6 aromatic heterocycles. The maximum atomic E-state index is 14.1. The smallest absolute Gasteiger partial charge is 0.463 e. The van der Waals surface area contributed by atoms with Gasteiger partial charge in [0.2, 0.25) is 11.6 Å². The number of hydrogen-bond acceptors (Lipinski definition) is 12. The Kier molecular flexibility index (Phi) is 19.2. The summed E-state index contributed by atoms with van der Waals surface area (Å²) < 4.78 is 188. The Labute approximate surface area is 396 Å². The molecule has 1 aliphatic rings. The molecule has 1 saturated heterocycles. The number of fused-ring (bicyclic) bond motifs is 2. The van der Waals surface area contributed by atoms with E-state index in [1.807, 2.05) is 27.7 Å². The van der Waals surface area contributed by atoms with E-state index in [2.05, 4.69) is 65.2 Å². The molecule has 7 rings (SSSR count). The molecule has 6 aromatic rings. The van der Waals surface area contributed by atoms with E-state index in [9.17, 15) is 52.7 Å². The number of nitrogens with zero attached hydrogens (tertiary/aromatic N) is 8. The highest BCUT2D eigenvalue weighted by Gasteiger charge is 2.52. The molecule has 0 spiro atoms. The zero-order chi connectivity index (χ0) is 49.4. The molecular formula is C41H48BBrF12N8O6. The van der Waals surface area contributed by atoms with Crippen molar-refractivity contribution in [3.63, 3.8) is 0 Å². The summed E-state index contributed by atoms with van der Waals surface area (Å²) >= 11 is 3.18. The normalized spacial score (nSPS) is 15.3. The van der Waals surface area contributed by atoms with Crippen molar-refractivity contribution >= 4 is 39.8 Å². The number of rotatable bonds is 10. The Balaban J connectivity index is 0.000000362. The standard InChI is InChI=1S/C16H12F6N4O2.C14H18BF4NO3.C8H6BrF2N3O.3CH4/c1-8(15(18,19)20)28-13-11(17)5-10(6-23-13)9-3-4-12-24-25-14(26(12)7-9)16(21,22)27-2;1-8(14(17,18)19)21-11-10(16)6-9(7-20-11)15-22-12(2,3)13(4,5)23-15;1-15-8(10,11)7-13-12-6-3-2-5(9)4-14(6)7;;;/h3-8H,1-2H3;6-8H,1-5H3;2-4H,1H3;3*1H4/t2*8-;;;;/m11..../s1. The number of pyridine rings is 4. The van der Waals surface area contributed by atoms with E-state index in [0.29, 0.717) is 17.0 Å². The van der Waals surface area contributed by atoms with Crippen LogP contribution < -0.4 is 14.9 Å². The second-order valence-electron chi connectivity index (χ2n) is 15.0. The third-order valence-corrected chi connectivity index (χ3v) is 10.3. The third kappa shape index (κ3) is 13.7. The van der Waals surface area contributed by atoms with E-state index in [1.165, 1.54) is 35.1 Å². The Morgan fingerprint density at radius 2 is 1.03 bits per heavy atom. The van der Waals surface area contributed by atoms with Gasteiger partial charge in [-0.3, -0.25) is 8.80 Å². The van der Waals surface area contributed by atoms with E-state index in [-0.39, 0.29) is 44.5 Å². The van der Waals surface area contributed by atoms with Crippen LogP contribution >= 0.6 is 15.9 Å². The first-order valence-electron chi connectivity index (χ1n) is 18.8. The van der Waals surface area contributed by atoms with Gasteiger partial charge in [0.25, 0.3) is 11.8 Å². The van der Waals surface area contributed by atoms with Crippen molar-refractivity contribution in [2.75, 3.05) is 14.2 Å². The zero-order valence-electron chi connectivity index (χ0n) is 35.4. The third-order valence-electron chi connectivity index (χ3n) is 9.80. The summed E-state index contributed by atoms with van der Waals surface area (Å²) in [5.41, 5.74) is -0.183. The average molecular weight is 1070 g/mol. The predicted molar refractivity (Wildman–Crippen MR) is 231 cm³/mol. The van der Waals surface area contributed by atoms with E-state index in [1.54, 1.807) is 12.1 Å². The first-order valence-corrected chi connectivity index (χ1v) is 19.6. The minimum Gasteiger partial charge on any atom is -0.463 e. The molecule has 0 aromatic carbocycles. The van der Waals surface area contributed by atoms with Crippen molar-refractivity contribution in [1.29, 1.82) is 0 Å². The van der Waals surface area contributed by atoms with Crippen LogP contribution in [-0.2, 0) is 31.0 Å². The number of ether oxygens (including phenoxy) is 4. The first-order chi connectivity index (χ1) is 30.4. The Morgan fingerprint density at radius 3 is 1.45 bits per heavy atom. The van der Waals surface area contributed by atoms with Crippen LogP contribution in [0.15, 0.2) is 65.7 Å². The second kappa shape index (κ2) is 22.2. The van der Waals surface area contributed by atoms with Gasteiger partial charge >= 0.3 is 31.7 Å². The maximum Gasteiger partial charge on any atom is 0.496 e. The van der Waals surface area contributed by atoms with E-state index in [4.69, 9.17) is 9.31 Å². The number of hydrogen-bond donors (Lipinski definition) is 0. The minimum absolute atomic E-state index is 0. The van der Waals surface area contributed by atoms with Gasteiger partial charge in [0.05, 0.1) is 11.2 Å². The average Bonchev–Trinajstić information content (AvgIpc) is 3.92. The van der Waals surface area contributed by atoms with Crippen LogP contribution in [0.3, 0.4) is 0 Å². The molecular weight excluding hydrogens is 1020 g/mol. The minimum atomic E-state index is -4.69. The second-order valence-corrected chi connectivity index (χ2v) is 15.9. The number of alkyl halides is 10. The summed E-state index contributed by atoms with van der Waals surface area (Å²) in [7, 11) is 0.861. The Morgan fingerprint density at radius 1 is 0.609 bits per heavy atom. The van der Waals surface area contributed by atoms with Gasteiger partial charge in [-0.1, -0.05) is 22.3 Å². The van der Waals surface area contributed by atoms with E-state index >= 15 is 0 Å². The molecule has 0 unspecified atom stereocenters. The highest BCUT2D eigenvalue weighted by atomic mass is 79.9. The fourth-order valence-corrected chi connectivity index (χ4v) is 5.62. The lowest BCUT2D eigenvalue weighted by molar-refractivity contribution is -0.238. The van der Waals surface area contributed by atoms with Gasteiger partial charge < -0.3 is 28.3 Å². The van der Waals surface area contributed by atoms with Gasteiger partial charge in [0.1, 0.15) is 0 Å². The summed E-state index contributed by atoms with van der Waals surface area (Å²) in [6.45, 7) is 8.83. The van der Waals surface area contributed by atoms with Crippen molar-refractivity contribution in [2.45, 2.75) is 112 Å². The lowest BCUT2D eigenvalue weighted by Crippen LogP contribution is -2.41. The highest BCUT2D eigenvalue weighted by Crippen LogP contribution is 2.37. The highest BCUT2D eigenvalue weighted by molar-refractivity contribution is 9.10. The molecule has 7 heterocycles. The topological polar surface area (TPSA) is 142 Å². The van der Waals surface area contributed by atoms with Gasteiger partial charge in [-0.05, 0) is 93.9 Å². The SMILES string of the molecule is C.C.C.COC(F)(F)c1nnc2ccc(-c3cnc(O[C@H](C)C(F)(F)F)c(F)c3)cn12.COC(F)(F)c1nnc2ccc(Br)cn12.C[C@@H](Oc1ncc(B2OC(C)(C)C(C)(C)O2)cc1F)C(F)(F)F. The van der Waals surface area contributed by atoms with Crippen LogP contribution in [0.5, 0.6) is 11.8 Å². The van der Waals surface area contributed by atoms with Crippen LogP contribution in [-0.4, -0.2) is 96.3 Å². The van der Waals surface area contributed by atoms with Crippen molar-refractivity contribution < 1.29 is 80.9 Å². The fraction of sp³-hybridized carbons (Fsp3) is 0.463. The Bertz CT molecular complexity index is 2640. The van der Waals surface area contributed by atoms with Gasteiger partial charge in [-0.15, -0.1) is 20.4 Å². The lowest BCUT2D eigenvalue weighted by atomic mass is 9.80. The number of halogens is 13. The van der Waals surface area contributed by atoms with E-state index < -0.39 is 90.1 Å². The summed E-state index contributed by atoms with van der Waals surface area (Å²) in [5.74, 6) is -5.02. The van der Waals surface area contributed by atoms with Crippen LogP contribution in [0.2, 0.25) is 0 Å². The molecule has 382 valence electrons. The molecule has 0 amide bonds. The van der Waals surface area contributed by atoms with Crippen molar-refractivity contribution in [3.05, 3.63) is 88.9 Å². The van der Waals surface area contributed by atoms with Crippen LogP contribution in [0.4, 0.5) is 52.7 Å². The maximum absolute atomic E-state index is 14.1. The zero-order valence-corrected chi connectivity index (χ0v) is 37.0. The van der Waals surface area contributed by atoms with Gasteiger partial charge in [0.15, 0.2) is 35.1 Å². The molecule has 2 atom stereocenters. The van der Waals surface area contributed by atoms with Crippen molar-refractivity contribution in [3.8, 4) is 22.9 Å². The van der Waals surface area contributed by atoms with Crippen molar-refractivity contribution in [1.82, 2.24) is 39.2 Å². The summed E-state index contributed by atoms with van der Waals surface area (Å²) in [4.78, 5) is 7.17. The summed E-state index contributed by atoms with van der Waals surface area (Å²) in [6.07, 6.45) is -16.0. The molecule has 0 saturated carbocycles. The molecule has 28 heteroatoms. The number of aromatic nitrogens is 8. The van der Waals surface area contributed by atoms with E-state index in [0.717, 1.165) is 43.9 Å². The van der Waals surface area contributed by atoms with Gasteiger partial charge in [0, 0.05) is 60.1 Å². The molecule has 14 nitrogen and oxygen atoms in total. The van der Waals surface area contributed by atoms with Gasteiger partial charge in [-0.25, -0.2) is 18.7 Å². The molecule has 0 bridgehead atoms. The fourth-order valence-electron chi connectivity index (χ4n) is 5.28. The van der Waals surface area contributed by atoms with Crippen molar-refractivity contribution in [2.24, 2.45) is 0 Å². The molecule has 1 fully saturated rings. The molecule has 69 heavy (non-hydrogen) atoms. The molecule has 0 N–H and O–H groups in total. The largest absolute Gasteiger partial charge is 0.496 e. The van der Waals surface area contributed by atoms with Crippen LogP contribution in [0, 0.1) is 11.6 Å². The van der Waals surface area contributed by atoms with Gasteiger partial charge in [-0.2, -0.15) is 43.9 Å². The lowest BCUT2D eigenvalue weighted by Gasteiger charge is -2.32. The predicted octanol–water partition coefficient (Wildman–Crippen LogP) is 10.9. The Hall–Kier alpha value is -5.32. The first kappa shape index (κ1) is 59.8. The summed E-state index contributed by atoms with van der Waals surface area (Å²) in [5, 5.41) is 14.0. The molecule has 1 aliphatic heterocycles.